The largest absolute Gasteiger partial charge is 0.493 e. The summed E-state index contributed by atoms with van der Waals surface area (Å²) >= 11 is 0. The molecule has 1 aromatic heterocycles. The van der Waals surface area contributed by atoms with Crippen LogP contribution >= 0.6 is 0 Å². The number of para-hydroxylation sites is 1. The quantitative estimate of drug-likeness (QED) is 0.642. The molecule has 188 valence electrons. The smallest absolute Gasteiger partial charge is 0.258 e. The number of rotatable bonds is 2. The maximum atomic E-state index is 13.7. The van der Waals surface area contributed by atoms with Crippen LogP contribution in [0.2, 0.25) is 0 Å². The molecule has 3 aliphatic rings. The Labute approximate surface area is 204 Å². The number of aryl methyl sites for hydroxylation is 1. The summed E-state index contributed by atoms with van der Waals surface area (Å²) in [5.41, 5.74) is 0.456. The lowest BCUT2D eigenvalue weighted by atomic mass is 9.99. The third kappa shape index (κ3) is 5.19. The predicted molar refractivity (Wildman–Crippen MR) is 127 cm³/mol. The summed E-state index contributed by atoms with van der Waals surface area (Å²) in [6.45, 7) is 2.60. The maximum absolute atomic E-state index is 13.7. The van der Waals surface area contributed by atoms with Crippen LogP contribution in [0.1, 0.15) is 35.4 Å². The van der Waals surface area contributed by atoms with E-state index in [1.54, 1.807) is 23.2 Å². The van der Waals surface area contributed by atoms with E-state index in [1.807, 2.05) is 29.9 Å². The van der Waals surface area contributed by atoms with Crippen LogP contribution in [0.25, 0.3) is 0 Å². The number of aliphatic hydroxyl groups is 1. The number of aromatic nitrogens is 2. The zero-order valence-corrected chi connectivity index (χ0v) is 20.0. The number of hydrogen-bond acceptors (Lipinski definition) is 7. The molecule has 2 bridgehead atoms. The Kier molecular flexibility index (Phi) is 7.03. The Morgan fingerprint density at radius 1 is 1.17 bits per heavy atom. The van der Waals surface area contributed by atoms with Gasteiger partial charge < -0.3 is 29.4 Å². The highest BCUT2D eigenvalue weighted by Crippen LogP contribution is 2.26. The molecule has 0 aliphatic carbocycles. The van der Waals surface area contributed by atoms with Gasteiger partial charge in [0.2, 0.25) is 5.91 Å². The average molecular weight is 484 g/mol. The minimum Gasteiger partial charge on any atom is -0.493 e. The van der Waals surface area contributed by atoms with Crippen molar-refractivity contribution in [1.29, 1.82) is 0 Å². The first kappa shape index (κ1) is 23.8. The van der Waals surface area contributed by atoms with Crippen LogP contribution in [0.4, 0.5) is 0 Å². The first-order chi connectivity index (χ1) is 17.0. The van der Waals surface area contributed by atoms with Gasteiger partial charge >= 0.3 is 0 Å². The standard InChI is InChI=1S/C25H33N5O5/c1-28-10-9-26-23(28)16-29-11-12-30-19(15-29)24(32)27-14-22-20(31)7-6-17(35-22)8-13-34-21-5-3-2-4-18(21)25(30)33/h2-5,9-10,17,19-20,22,31H,6-8,11-16H2,1H3,(H,27,32)/t17-,19-,20-,22+/m0/s1. The van der Waals surface area contributed by atoms with Gasteiger partial charge in [0.25, 0.3) is 5.91 Å². The average Bonchev–Trinajstić information content (AvgIpc) is 3.27. The molecule has 35 heavy (non-hydrogen) atoms. The van der Waals surface area contributed by atoms with Crippen LogP contribution in [0.3, 0.4) is 0 Å². The van der Waals surface area contributed by atoms with Crippen LogP contribution in [0, 0.1) is 0 Å². The molecule has 2 saturated heterocycles. The van der Waals surface area contributed by atoms with E-state index in [-0.39, 0.29) is 24.5 Å². The van der Waals surface area contributed by atoms with Crippen molar-refractivity contribution in [3.8, 4) is 5.75 Å². The van der Waals surface area contributed by atoms with Gasteiger partial charge in [-0.05, 0) is 25.0 Å². The van der Waals surface area contributed by atoms with E-state index >= 15 is 0 Å². The Morgan fingerprint density at radius 2 is 2.03 bits per heavy atom. The highest BCUT2D eigenvalue weighted by molar-refractivity contribution is 6.00. The van der Waals surface area contributed by atoms with Crippen LogP contribution in [-0.2, 0) is 23.1 Å². The molecular weight excluding hydrogens is 450 g/mol. The highest BCUT2D eigenvalue weighted by atomic mass is 16.5. The van der Waals surface area contributed by atoms with Crippen molar-refractivity contribution in [3.05, 3.63) is 48.0 Å². The summed E-state index contributed by atoms with van der Waals surface area (Å²) in [7, 11) is 1.94. The van der Waals surface area contributed by atoms with Crippen molar-refractivity contribution in [2.24, 2.45) is 7.05 Å². The summed E-state index contributed by atoms with van der Waals surface area (Å²) in [4.78, 5) is 35.3. The molecule has 5 rings (SSSR count). The van der Waals surface area contributed by atoms with Crippen molar-refractivity contribution < 1.29 is 24.2 Å². The molecular formula is C25H33N5O5. The summed E-state index contributed by atoms with van der Waals surface area (Å²) in [6, 6.07) is 6.51. The molecule has 2 fully saturated rings. The molecule has 3 aliphatic heterocycles. The second kappa shape index (κ2) is 10.3. The second-order valence-corrected chi connectivity index (χ2v) is 9.52. The maximum Gasteiger partial charge on any atom is 0.258 e. The van der Waals surface area contributed by atoms with Crippen LogP contribution in [0.5, 0.6) is 5.75 Å². The molecule has 0 unspecified atom stereocenters. The first-order valence-corrected chi connectivity index (χ1v) is 12.3. The van der Waals surface area contributed by atoms with Gasteiger partial charge in [0.1, 0.15) is 23.7 Å². The monoisotopic (exact) mass is 483 g/mol. The predicted octanol–water partition coefficient (Wildman–Crippen LogP) is 0.554. The highest BCUT2D eigenvalue weighted by Gasteiger charge is 2.38. The van der Waals surface area contributed by atoms with Crippen molar-refractivity contribution in [2.45, 2.75) is 50.2 Å². The van der Waals surface area contributed by atoms with Crippen LogP contribution in [0.15, 0.2) is 36.7 Å². The zero-order chi connectivity index (χ0) is 24.4. The topological polar surface area (TPSA) is 109 Å². The Bertz CT molecular complexity index is 1060. The second-order valence-electron chi connectivity index (χ2n) is 9.52. The lowest BCUT2D eigenvalue weighted by Gasteiger charge is -2.41. The van der Waals surface area contributed by atoms with Gasteiger partial charge in [-0.15, -0.1) is 0 Å². The fraction of sp³-hybridized carbons (Fsp3) is 0.560. The molecule has 0 spiro atoms. The van der Waals surface area contributed by atoms with Crippen LogP contribution in [-0.4, -0.2) is 93.4 Å². The molecule has 4 atom stereocenters. The lowest BCUT2D eigenvalue weighted by molar-refractivity contribution is -0.135. The van der Waals surface area contributed by atoms with E-state index in [4.69, 9.17) is 9.47 Å². The number of benzene rings is 1. The Balaban J connectivity index is 1.42. The molecule has 2 aromatic rings. The number of imidazole rings is 1. The van der Waals surface area contributed by atoms with E-state index in [0.29, 0.717) is 56.9 Å². The van der Waals surface area contributed by atoms with Gasteiger partial charge in [-0.25, -0.2) is 4.98 Å². The third-order valence-corrected chi connectivity index (χ3v) is 7.19. The summed E-state index contributed by atoms with van der Waals surface area (Å²) in [5.74, 6) is 0.938. The Morgan fingerprint density at radius 3 is 2.86 bits per heavy atom. The molecule has 10 heteroatoms. The summed E-state index contributed by atoms with van der Waals surface area (Å²) in [6.07, 6.45) is 4.46. The number of carbonyl (C=O) groups is 2. The number of nitrogens with one attached hydrogen (secondary N) is 1. The fourth-order valence-electron chi connectivity index (χ4n) is 5.09. The van der Waals surface area contributed by atoms with Crippen molar-refractivity contribution in [1.82, 2.24) is 24.7 Å². The minimum absolute atomic E-state index is 0.0643. The number of nitrogens with zero attached hydrogens (tertiary/aromatic N) is 4. The third-order valence-electron chi connectivity index (χ3n) is 7.19. The SMILES string of the molecule is Cn1ccnc1CN1CCN2C(=O)c3ccccc3OCC[C@@H]3CC[C@H](O)[C@@H](CNC(=O)[C@@H]2C1)O3. The van der Waals surface area contributed by atoms with Gasteiger partial charge in [0, 0.05) is 52.0 Å². The molecule has 0 saturated carbocycles. The number of ether oxygens (including phenoxy) is 2. The fourth-order valence-corrected chi connectivity index (χ4v) is 5.09. The number of amides is 2. The van der Waals surface area contributed by atoms with E-state index in [2.05, 4.69) is 15.2 Å². The Hall–Kier alpha value is -2.95. The van der Waals surface area contributed by atoms with Gasteiger partial charge in [-0.3, -0.25) is 14.5 Å². The van der Waals surface area contributed by atoms with E-state index in [9.17, 15) is 14.7 Å². The van der Waals surface area contributed by atoms with Crippen LogP contribution < -0.4 is 10.1 Å². The summed E-state index contributed by atoms with van der Waals surface area (Å²) in [5, 5.41) is 13.4. The summed E-state index contributed by atoms with van der Waals surface area (Å²) < 4.78 is 14.1. The molecule has 4 heterocycles. The minimum atomic E-state index is -0.691. The van der Waals surface area contributed by atoms with Crippen molar-refractivity contribution in [3.63, 3.8) is 0 Å². The van der Waals surface area contributed by atoms with E-state index in [1.165, 1.54) is 0 Å². The van der Waals surface area contributed by atoms with Crippen molar-refractivity contribution >= 4 is 11.8 Å². The molecule has 2 N–H and O–H groups in total. The van der Waals surface area contributed by atoms with Crippen molar-refractivity contribution in [2.75, 3.05) is 32.8 Å². The van der Waals surface area contributed by atoms with Gasteiger partial charge in [0.05, 0.1) is 30.9 Å². The molecule has 10 nitrogen and oxygen atoms in total. The molecule has 2 amide bonds. The van der Waals surface area contributed by atoms with Gasteiger partial charge in [0.15, 0.2) is 0 Å². The zero-order valence-electron chi connectivity index (χ0n) is 20.0. The molecule has 1 aromatic carbocycles. The number of piperazine rings is 1. The number of hydrogen-bond donors (Lipinski definition) is 2. The number of aliphatic hydroxyl groups excluding tert-OH is 1. The normalized spacial score (nSPS) is 28.3. The molecule has 0 radical (unpaired) electrons. The van der Waals surface area contributed by atoms with E-state index in [0.717, 1.165) is 12.2 Å². The number of carbonyl (C=O) groups excluding carboxylic acids is 2. The van der Waals surface area contributed by atoms with Gasteiger partial charge in [-0.1, -0.05) is 12.1 Å². The number of fused-ring (bicyclic) bond motifs is 4. The lowest BCUT2D eigenvalue weighted by Crippen LogP contribution is -2.61. The van der Waals surface area contributed by atoms with Gasteiger partial charge in [-0.2, -0.15) is 0 Å². The van der Waals surface area contributed by atoms with E-state index < -0.39 is 18.2 Å². The first-order valence-electron chi connectivity index (χ1n) is 12.3.